The van der Waals surface area contributed by atoms with Gasteiger partial charge in [0.2, 0.25) is 0 Å². The summed E-state index contributed by atoms with van der Waals surface area (Å²) in [5.41, 5.74) is 7.50. The highest BCUT2D eigenvalue weighted by Gasteiger charge is 2.32. The van der Waals surface area contributed by atoms with Gasteiger partial charge in [-0.2, -0.15) is 0 Å². The fourth-order valence-electron chi connectivity index (χ4n) is 3.49. The Kier molecular flexibility index (Phi) is 5.56. The zero-order valence-corrected chi connectivity index (χ0v) is 15.5. The summed E-state index contributed by atoms with van der Waals surface area (Å²) < 4.78 is 13.8. The quantitative estimate of drug-likeness (QED) is 0.869. The summed E-state index contributed by atoms with van der Waals surface area (Å²) in [6, 6.07) is 11.1. The van der Waals surface area contributed by atoms with Crippen LogP contribution < -0.4 is 11.1 Å². The first kappa shape index (κ1) is 19.0. The zero-order chi connectivity index (χ0) is 19.6. The van der Waals surface area contributed by atoms with Crippen LogP contribution in [0.25, 0.3) is 0 Å². The van der Waals surface area contributed by atoms with Crippen LogP contribution in [0.3, 0.4) is 0 Å². The molecule has 0 bridgehead atoms. The molecule has 2 aromatic carbocycles. The fourth-order valence-corrected chi connectivity index (χ4v) is 3.49. The van der Waals surface area contributed by atoms with Gasteiger partial charge in [0.05, 0.1) is 5.56 Å². The van der Waals surface area contributed by atoms with Crippen LogP contribution in [-0.4, -0.2) is 35.8 Å². The molecule has 27 heavy (non-hydrogen) atoms. The van der Waals surface area contributed by atoms with Crippen LogP contribution in [0.2, 0.25) is 0 Å². The molecule has 2 atom stereocenters. The summed E-state index contributed by atoms with van der Waals surface area (Å²) in [6.07, 6.45) is 0.894. The van der Waals surface area contributed by atoms with Gasteiger partial charge in [0, 0.05) is 23.8 Å². The first-order valence-electron chi connectivity index (χ1n) is 9.08. The van der Waals surface area contributed by atoms with Crippen LogP contribution >= 0.6 is 0 Å². The van der Waals surface area contributed by atoms with Gasteiger partial charge in [0.1, 0.15) is 5.82 Å². The van der Waals surface area contributed by atoms with E-state index in [4.69, 9.17) is 5.73 Å². The molecule has 1 aliphatic rings. The molecule has 2 unspecified atom stereocenters. The molecule has 0 spiro atoms. The van der Waals surface area contributed by atoms with E-state index in [2.05, 4.69) is 5.32 Å². The van der Waals surface area contributed by atoms with E-state index in [-0.39, 0.29) is 17.5 Å². The van der Waals surface area contributed by atoms with Crippen LogP contribution in [0.4, 0.5) is 10.1 Å². The Bertz CT molecular complexity index is 868. The van der Waals surface area contributed by atoms with Crippen molar-refractivity contribution in [3.8, 4) is 0 Å². The number of aryl methyl sites for hydroxylation is 1. The standard InChI is InChI=1S/C21H24FN3O2/c1-13-7-8-16(21(27)25-12-15(11-23)9-14(25)2)10-19(13)24-20(26)17-5-3-4-6-18(17)22/h3-8,10,14-15H,9,11-12,23H2,1-2H3,(H,24,26). The molecule has 2 amide bonds. The lowest BCUT2D eigenvalue weighted by molar-refractivity contribution is 0.0743. The highest BCUT2D eigenvalue weighted by atomic mass is 19.1. The number of nitrogens with one attached hydrogen (secondary N) is 1. The second-order valence-electron chi connectivity index (χ2n) is 7.11. The average Bonchev–Trinajstić information content (AvgIpc) is 3.04. The number of carbonyl (C=O) groups is 2. The normalized spacial score (nSPS) is 19.2. The van der Waals surface area contributed by atoms with Gasteiger partial charge in [-0.05, 0) is 62.6 Å². The van der Waals surface area contributed by atoms with E-state index in [1.165, 1.54) is 18.2 Å². The smallest absolute Gasteiger partial charge is 0.258 e. The van der Waals surface area contributed by atoms with Crippen molar-refractivity contribution < 1.29 is 14.0 Å². The van der Waals surface area contributed by atoms with Gasteiger partial charge in [-0.25, -0.2) is 4.39 Å². The van der Waals surface area contributed by atoms with Crippen molar-refractivity contribution >= 4 is 17.5 Å². The molecule has 6 heteroatoms. The number of carbonyl (C=O) groups excluding carboxylic acids is 2. The molecule has 0 saturated carbocycles. The number of hydrogen-bond donors (Lipinski definition) is 2. The molecule has 0 radical (unpaired) electrons. The maximum Gasteiger partial charge on any atom is 0.258 e. The number of nitrogens with two attached hydrogens (primary N) is 1. The molecule has 142 valence electrons. The Labute approximate surface area is 158 Å². The third kappa shape index (κ3) is 4.01. The van der Waals surface area contributed by atoms with Gasteiger partial charge in [-0.15, -0.1) is 0 Å². The summed E-state index contributed by atoms with van der Waals surface area (Å²) in [5, 5.41) is 2.71. The van der Waals surface area contributed by atoms with Crippen molar-refractivity contribution in [1.82, 2.24) is 4.90 Å². The lowest BCUT2D eigenvalue weighted by atomic mass is 10.1. The van der Waals surface area contributed by atoms with Gasteiger partial charge in [-0.1, -0.05) is 18.2 Å². The number of benzene rings is 2. The zero-order valence-electron chi connectivity index (χ0n) is 15.5. The number of hydrogen-bond acceptors (Lipinski definition) is 3. The Morgan fingerprint density at radius 2 is 2.00 bits per heavy atom. The first-order valence-corrected chi connectivity index (χ1v) is 9.08. The molecule has 5 nitrogen and oxygen atoms in total. The van der Waals surface area contributed by atoms with Crippen molar-refractivity contribution in [2.24, 2.45) is 11.7 Å². The third-order valence-electron chi connectivity index (χ3n) is 5.11. The van der Waals surface area contributed by atoms with Crippen molar-refractivity contribution in [3.05, 3.63) is 65.0 Å². The minimum Gasteiger partial charge on any atom is -0.336 e. The summed E-state index contributed by atoms with van der Waals surface area (Å²) in [6.45, 7) is 5.05. The molecule has 3 N–H and O–H groups in total. The van der Waals surface area contributed by atoms with E-state index in [9.17, 15) is 14.0 Å². The minimum atomic E-state index is -0.585. The molecule has 0 aromatic heterocycles. The van der Waals surface area contributed by atoms with Gasteiger partial charge >= 0.3 is 0 Å². The van der Waals surface area contributed by atoms with Gasteiger partial charge in [0.25, 0.3) is 11.8 Å². The van der Waals surface area contributed by atoms with Crippen molar-refractivity contribution in [1.29, 1.82) is 0 Å². The van der Waals surface area contributed by atoms with Crippen molar-refractivity contribution in [3.63, 3.8) is 0 Å². The van der Waals surface area contributed by atoms with E-state index in [0.717, 1.165) is 12.0 Å². The number of likely N-dealkylation sites (tertiary alicyclic amines) is 1. The molecular formula is C21H24FN3O2. The van der Waals surface area contributed by atoms with Crippen LogP contribution in [0.15, 0.2) is 42.5 Å². The van der Waals surface area contributed by atoms with Gasteiger partial charge < -0.3 is 16.0 Å². The highest BCUT2D eigenvalue weighted by molar-refractivity contribution is 6.05. The topological polar surface area (TPSA) is 75.4 Å². The number of nitrogens with zero attached hydrogens (tertiary/aromatic N) is 1. The molecule has 2 aromatic rings. The van der Waals surface area contributed by atoms with E-state index in [1.807, 2.05) is 18.7 Å². The Hall–Kier alpha value is -2.73. The summed E-state index contributed by atoms with van der Waals surface area (Å²) in [4.78, 5) is 27.1. The van der Waals surface area contributed by atoms with Crippen LogP contribution in [-0.2, 0) is 0 Å². The van der Waals surface area contributed by atoms with E-state index in [0.29, 0.717) is 30.3 Å². The predicted octanol–water partition coefficient (Wildman–Crippen LogP) is 3.20. The van der Waals surface area contributed by atoms with Gasteiger partial charge in [0.15, 0.2) is 0 Å². The fraction of sp³-hybridized carbons (Fsp3) is 0.333. The van der Waals surface area contributed by atoms with E-state index < -0.39 is 11.7 Å². The molecule has 0 aliphatic carbocycles. The van der Waals surface area contributed by atoms with E-state index in [1.54, 1.807) is 24.3 Å². The second-order valence-corrected chi connectivity index (χ2v) is 7.11. The van der Waals surface area contributed by atoms with Crippen LogP contribution in [0.1, 0.15) is 39.6 Å². The monoisotopic (exact) mass is 369 g/mol. The lowest BCUT2D eigenvalue weighted by Crippen LogP contribution is -2.34. The Morgan fingerprint density at radius 3 is 2.67 bits per heavy atom. The average molecular weight is 369 g/mol. The summed E-state index contributed by atoms with van der Waals surface area (Å²) in [5.74, 6) is -0.897. The summed E-state index contributed by atoms with van der Waals surface area (Å²) in [7, 11) is 0. The first-order chi connectivity index (χ1) is 12.9. The molecule has 3 rings (SSSR count). The highest BCUT2D eigenvalue weighted by Crippen LogP contribution is 2.26. The summed E-state index contributed by atoms with van der Waals surface area (Å²) >= 11 is 0. The molecule has 1 fully saturated rings. The number of rotatable bonds is 4. The van der Waals surface area contributed by atoms with E-state index >= 15 is 0 Å². The van der Waals surface area contributed by atoms with Crippen LogP contribution in [0, 0.1) is 18.7 Å². The maximum absolute atomic E-state index is 13.8. The second kappa shape index (κ2) is 7.88. The number of halogens is 1. The van der Waals surface area contributed by atoms with Crippen molar-refractivity contribution in [2.45, 2.75) is 26.3 Å². The number of amides is 2. The Morgan fingerprint density at radius 1 is 1.26 bits per heavy atom. The SMILES string of the molecule is Cc1ccc(C(=O)N2CC(CN)CC2C)cc1NC(=O)c1ccccc1F. The third-order valence-corrected chi connectivity index (χ3v) is 5.11. The lowest BCUT2D eigenvalue weighted by Gasteiger charge is -2.22. The minimum absolute atomic E-state index is 0.0346. The largest absolute Gasteiger partial charge is 0.336 e. The maximum atomic E-state index is 13.8. The molecule has 1 aliphatic heterocycles. The van der Waals surface area contributed by atoms with Crippen LogP contribution in [0.5, 0.6) is 0 Å². The molecule has 1 saturated heterocycles. The predicted molar refractivity (Wildman–Crippen MR) is 103 cm³/mol. The molecular weight excluding hydrogens is 345 g/mol. The molecule has 1 heterocycles. The Balaban J connectivity index is 1.81. The number of anilines is 1. The van der Waals surface area contributed by atoms with Gasteiger partial charge in [-0.3, -0.25) is 9.59 Å². The van der Waals surface area contributed by atoms with Crippen molar-refractivity contribution in [2.75, 3.05) is 18.4 Å².